The Morgan fingerprint density at radius 1 is 1.10 bits per heavy atom. The second-order valence-electron chi connectivity index (χ2n) is 7.14. The number of carbonyl (C=O) groups excluding carboxylic acids is 1. The van der Waals surface area contributed by atoms with E-state index in [-0.39, 0.29) is 18.4 Å². The number of anilines is 1. The standard InChI is InChI=1S/C23H20N2O5/c1-28-20-11-15(7-8-18(20)26)22-24-17-5-3-2-4-16(17)23(27)25(22)12-14-6-9-19-21(10-14)30-13-29-19/h2-11,22,24,26H,12-13H2,1H3/t22-/m1/s1. The highest BCUT2D eigenvalue weighted by atomic mass is 16.7. The van der Waals surface area contributed by atoms with E-state index in [2.05, 4.69) is 5.32 Å². The largest absolute Gasteiger partial charge is 0.504 e. The van der Waals surface area contributed by atoms with Gasteiger partial charge in [0.25, 0.3) is 5.91 Å². The molecule has 30 heavy (non-hydrogen) atoms. The Labute approximate surface area is 173 Å². The van der Waals surface area contributed by atoms with Crippen molar-refractivity contribution in [1.82, 2.24) is 4.90 Å². The number of aromatic hydroxyl groups is 1. The van der Waals surface area contributed by atoms with Crippen molar-refractivity contribution >= 4 is 11.6 Å². The van der Waals surface area contributed by atoms with E-state index in [0.29, 0.717) is 29.4 Å². The van der Waals surface area contributed by atoms with Gasteiger partial charge in [0.1, 0.15) is 6.17 Å². The van der Waals surface area contributed by atoms with Crippen LogP contribution in [0.2, 0.25) is 0 Å². The Morgan fingerprint density at radius 2 is 1.93 bits per heavy atom. The first-order valence-corrected chi connectivity index (χ1v) is 9.56. The highest BCUT2D eigenvalue weighted by Gasteiger charge is 2.33. The van der Waals surface area contributed by atoms with Gasteiger partial charge in [-0.1, -0.05) is 24.3 Å². The van der Waals surface area contributed by atoms with E-state index >= 15 is 0 Å². The molecule has 2 aliphatic rings. The number of nitrogens with zero attached hydrogens (tertiary/aromatic N) is 1. The molecule has 3 aromatic rings. The number of phenolic OH excluding ortho intramolecular Hbond substituents is 1. The monoisotopic (exact) mass is 404 g/mol. The number of nitrogens with one attached hydrogen (secondary N) is 1. The van der Waals surface area contributed by atoms with E-state index in [1.165, 1.54) is 7.11 Å². The minimum atomic E-state index is -0.438. The fraction of sp³-hybridized carbons (Fsp3) is 0.174. The fourth-order valence-electron chi connectivity index (χ4n) is 3.82. The van der Waals surface area contributed by atoms with Crippen LogP contribution in [0.1, 0.15) is 27.7 Å². The number of rotatable bonds is 4. The SMILES string of the molecule is COc1cc([C@@H]2Nc3ccccc3C(=O)N2Cc2ccc3c(c2)OCO3)ccc1O. The highest BCUT2D eigenvalue weighted by Crippen LogP contribution is 2.38. The molecule has 5 rings (SSSR count). The van der Waals surface area contributed by atoms with E-state index in [9.17, 15) is 9.90 Å². The Morgan fingerprint density at radius 3 is 2.80 bits per heavy atom. The first-order chi connectivity index (χ1) is 14.6. The highest BCUT2D eigenvalue weighted by molar-refractivity contribution is 6.01. The van der Waals surface area contributed by atoms with Crippen LogP contribution in [-0.2, 0) is 6.54 Å². The summed E-state index contributed by atoms with van der Waals surface area (Å²) in [6.45, 7) is 0.566. The summed E-state index contributed by atoms with van der Waals surface area (Å²) in [5, 5.41) is 13.4. The van der Waals surface area contributed by atoms with Crippen molar-refractivity contribution < 1.29 is 24.1 Å². The molecule has 7 heteroatoms. The molecule has 0 saturated heterocycles. The van der Waals surface area contributed by atoms with Crippen LogP contribution in [-0.4, -0.2) is 29.8 Å². The molecule has 0 fully saturated rings. The molecule has 0 saturated carbocycles. The zero-order valence-electron chi connectivity index (χ0n) is 16.3. The Bertz CT molecular complexity index is 1130. The maximum absolute atomic E-state index is 13.4. The summed E-state index contributed by atoms with van der Waals surface area (Å²) in [4.78, 5) is 15.2. The summed E-state index contributed by atoms with van der Waals surface area (Å²) in [5.74, 6) is 1.69. The molecule has 0 unspecified atom stereocenters. The maximum Gasteiger partial charge on any atom is 0.258 e. The number of methoxy groups -OCH3 is 1. The van der Waals surface area contributed by atoms with E-state index in [4.69, 9.17) is 14.2 Å². The van der Waals surface area contributed by atoms with Crippen molar-refractivity contribution in [2.45, 2.75) is 12.7 Å². The van der Waals surface area contributed by atoms with Crippen LogP contribution in [0.4, 0.5) is 5.69 Å². The molecule has 3 aromatic carbocycles. The van der Waals surface area contributed by atoms with Gasteiger partial charge in [0.05, 0.1) is 12.7 Å². The summed E-state index contributed by atoms with van der Waals surface area (Å²) < 4.78 is 16.1. The lowest BCUT2D eigenvalue weighted by Crippen LogP contribution is -2.42. The molecule has 0 aliphatic carbocycles. The molecule has 2 heterocycles. The van der Waals surface area contributed by atoms with Gasteiger partial charge in [-0.25, -0.2) is 0 Å². The smallest absolute Gasteiger partial charge is 0.258 e. The summed E-state index contributed by atoms with van der Waals surface area (Å²) in [6, 6.07) is 18.2. The number of ether oxygens (including phenoxy) is 3. The molecule has 2 N–H and O–H groups in total. The van der Waals surface area contributed by atoms with Gasteiger partial charge in [-0.3, -0.25) is 4.79 Å². The van der Waals surface area contributed by atoms with E-state index in [0.717, 1.165) is 16.8 Å². The van der Waals surface area contributed by atoms with Crippen LogP contribution in [0.5, 0.6) is 23.0 Å². The lowest BCUT2D eigenvalue weighted by molar-refractivity contribution is 0.0666. The van der Waals surface area contributed by atoms with Gasteiger partial charge >= 0.3 is 0 Å². The molecule has 7 nitrogen and oxygen atoms in total. The van der Waals surface area contributed by atoms with Crippen molar-refractivity contribution in [3.63, 3.8) is 0 Å². The summed E-state index contributed by atoms with van der Waals surface area (Å²) in [5.41, 5.74) is 3.10. The number of hydrogen-bond acceptors (Lipinski definition) is 6. The third kappa shape index (κ3) is 3.04. The molecule has 0 spiro atoms. The number of carbonyl (C=O) groups is 1. The number of hydrogen-bond donors (Lipinski definition) is 2. The molecule has 0 bridgehead atoms. The van der Waals surface area contributed by atoms with E-state index < -0.39 is 6.17 Å². The Kier molecular flexibility index (Phi) is 4.35. The summed E-state index contributed by atoms with van der Waals surface area (Å²) in [6.07, 6.45) is -0.438. The maximum atomic E-state index is 13.4. The van der Waals surface area contributed by atoms with Crippen molar-refractivity contribution in [1.29, 1.82) is 0 Å². The quantitative estimate of drug-likeness (QED) is 0.687. The van der Waals surface area contributed by atoms with Crippen molar-refractivity contribution in [2.75, 3.05) is 19.2 Å². The summed E-state index contributed by atoms with van der Waals surface area (Å²) in [7, 11) is 1.50. The fourth-order valence-corrected chi connectivity index (χ4v) is 3.82. The minimum Gasteiger partial charge on any atom is -0.504 e. The molecule has 0 aromatic heterocycles. The number of fused-ring (bicyclic) bond motifs is 2. The topological polar surface area (TPSA) is 80.3 Å². The Balaban J connectivity index is 1.55. The van der Waals surface area contributed by atoms with E-state index in [1.807, 2.05) is 42.5 Å². The third-order valence-electron chi connectivity index (χ3n) is 5.33. The van der Waals surface area contributed by atoms with Gasteiger partial charge in [0.2, 0.25) is 6.79 Å². The lowest BCUT2D eigenvalue weighted by Gasteiger charge is -2.38. The first kappa shape index (κ1) is 18.2. The second-order valence-corrected chi connectivity index (χ2v) is 7.14. The molecule has 0 radical (unpaired) electrons. The third-order valence-corrected chi connectivity index (χ3v) is 5.33. The Hall–Kier alpha value is -3.87. The number of para-hydroxylation sites is 1. The molecule has 152 valence electrons. The van der Waals surface area contributed by atoms with E-state index in [1.54, 1.807) is 23.1 Å². The van der Waals surface area contributed by atoms with Gasteiger partial charge in [-0.05, 0) is 47.5 Å². The van der Waals surface area contributed by atoms with Gasteiger partial charge in [-0.2, -0.15) is 0 Å². The predicted molar refractivity (Wildman–Crippen MR) is 110 cm³/mol. The van der Waals surface area contributed by atoms with Crippen LogP contribution in [0.25, 0.3) is 0 Å². The van der Waals surface area contributed by atoms with Crippen molar-refractivity contribution in [3.05, 3.63) is 77.4 Å². The number of benzene rings is 3. The molecule has 2 aliphatic heterocycles. The van der Waals surface area contributed by atoms with Crippen molar-refractivity contribution in [3.8, 4) is 23.0 Å². The molecule has 1 amide bonds. The van der Waals surface area contributed by atoms with Crippen LogP contribution < -0.4 is 19.5 Å². The zero-order chi connectivity index (χ0) is 20.7. The average molecular weight is 404 g/mol. The van der Waals surface area contributed by atoms with Crippen LogP contribution >= 0.6 is 0 Å². The molecular weight excluding hydrogens is 384 g/mol. The molecule has 1 atom stereocenters. The first-order valence-electron chi connectivity index (χ1n) is 9.56. The zero-order valence-corrected chi connectivity index (χ0v) is 16.3. The van der Waals surface area contributed by atoms with Crippen LogP contribution in [0, 0.1) is 0 Å². The summed E-state index contributed by atoms with van der Waals surface area (Å²) >= 11 is 0. The number of phenols is 1. The van der Waals surface area contributed by atoms with Gasteiger partial charge < -0.3 is 29.5 Å². The van der Waals surface area contributed by atoms with Crippen molar-refractivity contribution in [2.24, 2.45) is 0 Å². The molecular formula is C23H20N2O5. The van der Waals surface area contributed by atoms with Gasteiger partial charge in [0, 0.05) is 12.2 Å². The number of amides is 1. The van der Waals surface area contributed by atoms with Crippen LogP contribution in [0.3, 0.4) is 0 Å². The van der Waals surface area contributed by atoms with Gasteiger partial charge in [-0.15, -0.1) is 0 Å². The lowest BCUT2D eigenvalue weighted by atomic mass is 10.0. The predicted octanol–water partition coefficient (Wildman–Crippen LogP) is 3.90. The minimum absolute atomic E-state index is 0.0473. The average Bonchev–Trinajstić information content (AvgIpc) is 3.24. The normalized spacial score (nSPS) is 16.8. The van der Waals surface area contributed by atoms with Crippen LogP contribution in [0.15, 0.2) is 60.7 Å². The van der Waals surface area contributed by atoms with Gasteiger partial charge in [0.15, 0.2) is 23.0 Å². The second kappa shape index (κ2) is 7.18.